The van der Waals surface area contributed by atoms with Crippen molar-refractivity contribution in [1.29, 1.82) is 21.0 Å². The second kappa shape index (κ2) is 18.8. The predicted molar refractivity (Wildman–Crippen MR) is 125 cm³/mol. The molecule has 7 heteroatoms. The molecule has 0 bridgehead atoms. The van der Waals surface area contributed by atoms with Gasteiger partial charge in [0.15, 0.2) is 0 Å². The van der Waals surface area contributed by atoms with Crippen molar-refractivity contribution in [3.63, 3.8) is 0 Å². The molecular formula is C25H35N7. The van der Waals surface area contributed by atoms with Crippen molar-refractivity contribution in [3.8, 4) is 24.3 Å². The number of hydrogen-bond acceptors (Lipinski definition) is 7. The maximum absolute atomic E-state index is 8.88. The van der Waals surface area contributed by atoms with Gasteiger partial charge in [-0.05, 0) is 44.6 Å². The predicted octanol–water partition coefficient (Wildman–Crippen LogP) is 3.53. The second-order valence-corrected chi connectivity index (χ2v) is 7.78. The van der Waals surface area contributed by atoms with E-state index in [9.17, 15) is 0 Å². The summed E-state index contributed by atoms with van der Waals surface area (Å²) in [4.78, 5) is 6.87. The fourth-order valence-electron chi connectivity index (χ4n) is 3.65. The topological polar surface area (TPSA) is 105 Å². The minimum absolute atomic E-state index is 0.486. The number of nitriles is 4. The fraction of sp³-hybridized carbons (Fsp3) is 0.600. The molecule has 0 aromatic heterocycles. The molecule has 0 amide bonds. The molecule has 1 aromatic carbocycles. The maximum atomic E-state index is 8.88. The summed E-state index contributed by atoms with van der Waals surface area (Å²) >= 11 is 0. The molecule has 0 aliphatic carbocycles. The van der Waals surface area contributed by atoms with E-state index in [-0.39, 0.29) is 0 Å². The molecule has 0 fully saturated rings. The first kappa shape index (κ1) is 27.1. The molecule has 0 saturated carbocycles. The highest BCUT2D eigenvalue weighted by atomic mass is 15.2. The van der Waals surface area contributed by atoms with Crippen molar-refractivity contribution in [2.45, 2.75) is 45.1 Å². The smallest absolute Gasteiger partial charge is 0.0635 e. The molecular weight excluding hydrogens is 398 g/mol. The average molecular weight is 434 g/mol. The third kappa shape index (κ3) is 13.4. The maximum Gasteiger partial charge on any atom is 0.0635 e. The van der Waals surface area contributed by atoms with Crippen LogP contribution < -0.4 is 0 Å². The lowest BCUT2D eigenvalue weighted by molar-refractivity contribution is 0.206. The molecule has 0 saturated heterocycles. The summed E-state index contributed by atoms with van der Waals surface area (Å²) in [6, 6.07) is 19.2. The van der Waals surface area contributed by atoms with Crippen molar-refractivity contribution < 1.29 is 0 Å². The molecule has 1 aromatic rings. The van der Waals surface area contributed by atoms with Crippen molar-refractivity contribution >= 4 is 0 Å². The Kier molecular flexibility index (Phi) is 15.9. The molecule has 0 unspecified atom stereocenters. The zero-order chi connectivity index (χ0) is 23.3. The van der Waals surface area contributed by atoms with Gasteiger partial charge >= 0.3 is 0 Å². The second-order valence-electron chi connectivity index (χ2n) is 7.78. The largest absolute Gasteiger partial charge is 0.301 e. The Balaban J connectivity index is 2.59. The molecule has 0 aliphatic heterocycles. The Morgan fingerprint density at radius 3 is 1.25 bits per heavy atom. The first-order valence-electron chi connectivity index (χ1n) is 11.4. The van der Waals surface area contributed by atoms with Gasteiger partial charge in [0.1, 0.15) is 0 Å². The zero-order valence-corrected chi connectivity index (χ0v) is 19.1. The van der Waals surface area contributed by atoms with E-state index in [0.29, 0.717) is 51.9 Å². The minimum Gasteiger partial charge on any atom is -0.301 e. The summed E-state index contributed by atoms with van der Waals surface area (Å²) in [5.41, 5.74) is 1.28. The van der Waals surface area contributed by atoms with E-state index in [0.717, 1.165) is 45.6 Å². The van der Waals surface area contributed by atoms with E-state index < -0.39 is 0 Å². The van der Waals surface area contributed by atoms with Crippen LogP contribution in [0.1, 0.15) is 44.1 Å². The van der Waals surface area contributed by atoms with Gasteiger partial charge in [-0.2, -0.15) is 21.0 Å². The van der Waals surface area contributed by atoms with Crippen molar-refractivity contribution in [2.24, 2.45) is 0 Å². The van der Waals surface area contributed by atoms with Crippen LogP contribution in [0.2, 0.25) is 0 Å². The molecule has 1 rings (SSSR count). The summed E-state index contributed by atoms with van der Waals surface area (Å²) < 4.78 is 0. The van der Waals surface area contributed by atoms with Gasteiger partial charge in [-0.1, -0.05) is 30.3 Å². The molecule has 0 heterocycles. The molecule has 0 radical (unpaired) electrons. The number of nitrogens with zero attached hydrogens (tertiary/aromatic N) is 7. The van der Waals surface area contributed by atoms with Gasteiger partial charge in [0.05, 0.1) is 24.3 Å². The first-order valence-corrected chi connectivity index (χ1v) is 11.4. The van der Waals surface area contributed by atoms with Crippen molar-refractivity contribution in [1.82, 2.24) is 14.7 Å². The lowest BCUT2D eigenvalue weighted by atomic mass is 10.2. The Bertz CT molecular complexity index is 685. The van der Waals surface area contributed by atoms with Gasteiger partial charge in [-0.25, -0.2) is 0 Å². The van der Waals surface area contributed by atoms with Crippen LogP contribution in [0.3, 0.4) is 0 Å². The quantitative estimate of drug-likeness (QED) is 0.349. The third-order valence-electron chi connectivity index (χ3n) is 5.31. The zero-order valence-electron chi connectivity index (χ0n) is 19.1. The van der Waals surface area contributed by atoms with Gasteiger partial charge in [-0.3, -0.25) is 4.90 Å². The lowest BCUT2D eigenvalue weighted by Crippen LogP contribution is -2.33. The van der Waals surface area contributed by atoms with Crippen LogP contribution in [-0.4, -0.2) is 67.1 Å². The van der Waals surface area contributed by atoms with E-state index in [4.69, 9.17) is 21.0 Å². The lowest BCUT2D eigenvalue weighted by Gasteiger charge is -2.27. The molecule has 170 valence electrons. The van der Waals surface area contributed by atoms with E-state index in [1.807, 2.05) is 6.07 Å². The third-order valence-corrected chi connectivity index (χ3v) is 5.31. The van der Waals surface area contributed by atoms with Crippen LogP contribution >= 0.6 is 0 Å². The van der Waals surface area contributed by atoms with Crippen molar-refractivity contribution in [3.05, 3.63) is 35.9 Å². The summed E-state index contributed by atoms with van der Waals surface area (Å²) in [6.07, 6.45) is 3.91. The highest BCUT2D eigenvalue weighted by Crippen LogP contribution is 2.08. The Morgan fingerprint density at radius 1 is 0.500 bits per heavy atom. The first-order chi connectivity index (χ1) is 15.7. The summed E-state index contributed by atoms with van der Waals surface area (Å²) in [5, 5.41) is 35.5. The van der Waals surface area contributed by atoms with Gasteiger partial charge in [0.25, 0.3) is 0 Å². The molecule has 0 N–H and O–H groups in total. The number of hydrogen-bond donors (Lipinski definition) is 0. The molecule has 32 heavy (non-hydrogen) atoms. The van der Waals surface area contributed by atoms with Gasteiger partial charge in [0.2, 0.25) is 0 Å². The van der Waals surface area contributed by atoms with Crippen LogP contribution in [0.5, 0.6) is 0 Å². The van der Waals surface area contributed by atoms with Crippen LogP contribution in [0, 0.1) is 45.3 Å². The number of benzene rings is 1. The SMILES string of the molecule is N#CCCN(CCC#N)CCCN(CCCN(CCC#N)CCC#N)Cc1ccccc1. The number of rotatable bonds is 18. The Hall–Kier alpha value is -2.94. The molecule has 0 atom stereocenters. The van der Waals surface area contributed by atoms with Crippen LogP contribution in [0.25, 0.3) is 0 Å². The van der Waals surface area contributed by atoms with E-state index >= 15 is 0 Å². The van der Waals surface area contributed by atoms with Crippen LogP contribution in [0.4, 0.5) is 0 Å². The highest BCUT2D eigenvalue weighted by molar-refractivity contribution is 5.14. The minimum atomic E-state index is 0.486. The Morgan fingerprint density at radius 2 is 0.875 bits per heavy atom. The van der Waals surface area contributed by atoms with E-state index in [1.54, 1.807) is 0 Å². The molecule has 0 spiro atoms. The average Bonchev–Trinajstić information content (AvgIpc) is 2.82. The highest BCUT2D eigenvalue weighted by Gasteiger charge is 2.11. The molecule has 7 nitrogen and oxygen atoms in total. The molecule has 0 aliphatic rings. The van der Waals surface area contributed by atoms with Gasteiger partial charge in [0, 0.05) is 58.4 Å². The summed E-state index contributed by atoms with van der Waals surface area (Å²) in [7, 11) is 0. The van der Waals surface area contributed by atoms with E-state index in [2.05, 4.69) is 63.2 Å². The van der Waals surface area contributed by atoms with Crippen LogP contribution in [0.15, 0.2) is 30.3 Å². The Labute approximate surface area is 193 Å². The normalized spacial score (nSPS) is 10.6. The summed E-state index contributed by atoms with van der Waals surface area (Å²) in [6.45, 7) is 7.38. The van der Waals surface area contributed by atoms with E-state index in [1.165, 1.54) is 5.56 Å². The van der Waals surface area contributed by atoms with Crippen LogP contribution in [-0.2, 0) is 6.54 Å². The van der Waals surface area contributed by atoms with Crippen molar-refractivity contribution in [2.75, 3.05) is 52.4 Å². The van der Waals surface area contributed by atoms with Gasteiger partial charge in [-0.15, -0.1) is 0 Å². The monoisotopic (exact) mass is 433 g/mol. The van der Waals surface area contributed by atoms with Gasteiger partial charge < -0.3 is 9.80 Å². The standard InChI is InChI=1S/C25H35N7/c26-12-4-16-30(17-5-13-27)20-8-22-32(24-25-10-2-1-3-11-25)23-9-21-31(18-6-14-28)19-7-15-29/h1-3,10-11H,4-9,16-24H2. The fourth-order valence-corrected chi connectivity index (χ4v) is 3.65. The summed E-state index contributed by atoms with van der Waals surface area (Å²) in [5.74, 6) is 0.